The summed E-state index contributed by atoms with van der Waals surface area (Å²) in [6.45, 7) is 19.5. The predicted molar refractivity (Wildman–Crippen MR) is 164 cm³/mol. The highest BCUT2D eigenvalue weighted by Gasteiger charge is 2.20. The minimum Gasteiger partial charge on any atom is -0.490 e. The Balaban J connectivity index is 0.00000631. The number of nitrogens with zero attached hydrogens (tertiary/aromatic N) is 1. The quantitative estimate of drug-likeness (QED) is 0.0615. The van der Waals surface area contributed by atoms with Crippen molar-refractivity contribution in [2.24, 2.45) is 5.92 Å². The average Bonchev–Trinajstić information content (AvgIpc) is 2.89. The van der Waals surface area contributed by atoms with Crippen molar-refractivity contribution in [3.63, 3.8) is 0 Å². The van der Waals surface area contributed by atoms with E-state index in [2.05, 4.69) is 63.5 Å². The third kappa shape index (κ3) is 16.6. The van der Waals surface area contributed by atoms with Crippen LogP contribution < -0.4 is 0 Å². The first-order valence-electron chi connectivity index (χ1n) is 14.5. The molecule has 0 aliphatic carbocycles. The normalized spacial score (nSPS) is 16.4. The van der Waals surface area contributed by atoms with Crippen LogP contribution in [0.3, 0.4) is 0 Å². The van der Waals surface area contributed by atoms with Gasteiger partial charge in [-0.15, -0.1) is 11.6 Å². The summed E-state index contributed by atoms with van der Waals surface area (Å²) >= 11 is 5.75. The van der Waals surface area contributed by atoms with Gasteiger partial charge in [0.05, 0.1) is 0 Å². The number of hydrogen-bond donors (Lipinski definition) is 0. The Bertz CT molecular complexity index is 765. The molecule has 0 radical (unpaired) electrons. The smallest absolute Gasteiger partial charge is 0.163 e. The monoisotopic (exact) mass is 531 g/mol. The largest absolute Gasteiger partial charge is 0.490 e. The number of Topliss-reactive ketones (excluding diaryl/α,β-unsaturated/α-hetero) is 1. The second kappa shape index (κ2) is 23.3. The predicted octanol–water partition coefficient (Wildman–Crippen LogP) is 9.37. The number of carbonyl (C=O) groups is 1. The molecule has 0 atom stereocenters. The molecule has 1 rings (SSSR count). The van der Waals surface area contributed by atoms with Crippen molar-refractivity contribution in [2.45, 2.75) is 99.0 Å². The standard InChI is InChI=1S/C31H48ClNO2.C2H6/c1-6-9-11-16-27(8-3)30(31(34)25-26(4)5)18-12-10-13-22-33-23-19-29(20-24-33)35-28(15-7-2)17-14-21-32;1-2/h7,9,11,14-18,26,29H,2,6,8,10,12-13,19-25H2,1,3-5H3;1-2H3/b11-9-,17-14-,27-16+,28-15+,30-18+;. The highest BCUT2D eigenvalue weighted by Crippen LogP contribution is 2.22. The van der Waals surface area contributed by atoms with Gasteiger partial charge in [-0.3, -0.25) is 4.79 Å². The van der Waals surface area contributed by atoms with Crippen LogP contribution in [0.5, 0.6) is 0 Å². The second-order valence-corrected chi connectivity index (χ2v) is 9.85. The molecule has 3 nitrogen and oxygen atoms in total. The Morgan fingerprint density at radius 1 is 1.11 bits per heavy atom. The van der Waals surface area contributed by atoms with Gasteiger partial charge in [-0.05, 0) is 75.1 Å². The fraction of sp³-hybridized carbons (Fsp3) is 0.606. The molecule has 1 aliphatic heterocycles. The van der Waals surface area contributed by atoms with Crippen molar-refractivity contribution in [1.29, 1.82) is 0 Å². The molecule has 0 unspecified atom stereocenters. The number of hydrogen-bond acceptors (Lipinski definition) is 3. The lowest BCUT2D eigenvalue weighted by molar-refractivity contribution is -0.116. The first-order valence-corrected chi connectivity index (χ1v) is 15.0. The molecular weight excluding hydrogens is 478 g/mol. The Kier molecular flexibility index (Phi) is 22.1. The summed E-state index contributed by atoms with van der Waals surface area (Å²) in [4.78, 5) is 15.5. The minimum absolute atomic E-state index is 0.246. The third-order valence-electron chi connectivity index (χ3n) is 6.06. The maximum atomic E-state index is 12.9. The highest BCUT2D eigenvalue weighted by molar-refractivity contribution is 6.18. The molecule has 1 saturated heterocycles. The minimum atomic E-state index is 0.246. The van der Waals surface area contributed by atoms with Gasteiger partial charge in [0.15, 0.2) is 5.78 Å². The lowest BCUT2D eigenvalue weighted by atomic mass is 9.92. The van der Waals surface area contributed by atoms with Crippen LogP contribution in [0, 0.1) is 5.92 Å². The highest BCUT2D eigenvalue weighted by atomic mass is 35.5. The van der Waals surface area contributed by atoms with E-state index in [9.17, 15) is 4.79 Å². The van der Waals surface area contributed by atoms with E-state index in [0.29, 0.717) is 18.2 Å². The van der Waals surface area contributed by atoms with E-state index in [1.807, 2.05) is 32.1 Å². The van der Waals surface area contributed by atoms with Gasteiger partial charge in [0.25, 0.3) is 0 Å². The zero-order chi connectivity index (χ0) is 27.9. The maximum absolute atomic E-state index is 12.9. The summed E-state index contributed by atoms with van der Waals surface area (Å²) < 4.78 is 6.14. The van der Waals surface area contributed by atoms with Gasteiger partial charge in [0.1, 0.15) is 11.9 Å². The van der Waals surface area contributed by atoms with E-state index in [0.717, 1.165) is 81.5 Å². The van der Waals surface area contributed by atoms with E-state index < -0.39 is 0 Å². The van der Waals surface area contributed by atoms with Crippen molar-refractivity contribution < 1.29 is 9.53 Å². The molecule has 37 heavy (non-hydrogen) atoms. The molecule has 0 bridgehead atoms. The average molecular weight is 532 g/mol. The van der Waals surface area contributed by atoms with Crippen LogP contribution in [0.2, 0.25) is 0 Å². The molecule has 0 spiro atoms. The number of carbonyl (C=O) groups excluding carboxylic acids is 1. The molecule has 1 heterocycles. The summed E-state index contributed by atoms with van der Waals surface area (Å²) in [6, 6.07) is 0. The van der Waals surface area contributed by atoms with Crippen molar-refractivity contribution in [2.75, 3.05) is 25.5 Å². The number of rotatable bonds is 17. The van der Waals surface area contributed by atoms with Gasteiger partial charge >= 0.3 is 0 Å². The zero-order valence-corrected chi connectivity index (χ0v) is 25.4. The second-order valence-electron chi connectivity index (χ2n) is 9.54. The van der Waals surface area contributed by atoms with Crippen molar-refractivity contribution in [3.8, 4) is 0 Å². The van der Waals surface area contributed by atoms with Gasteiger partial charge in [-0.25, -0.2) is 0 Å². The van der Waals surface area contributed by atoms with Gasteiger partial charge in [0, 0.05) is 31.0 Å². The van der Waals surface area contributed by atoms with Crippen LogP contribution in [-0.2, 0) is 9.53 Å². The molecule has 0 saturated carbocycles. The maximum Gasteiger partial charge on any atom is 0.163 e. The summed E-state index contributed by atoms with van der Waals surface area (Å²) in [5, 5.41) is 0. The Morgan fingerprint density at radius 2 is 1.81 bits per heavy atom. The van der Waals surface area contributed by atoms with Crippen molar-refractivity contribution >= 4 is 17.4 Å². The number of ether oxygens (including phenoxy) is 1. The molecule has 0 aromatic heterocycles. The molecule has 0 amide bonds. The summed E-state index contributed by atoms with van der Waals surface area (Å²) in [5.74, 6) is 1.97. The Labute approximate surface area is 234 Å². The molecule has 0 aromatic carbocycles. The fourth-order valence-electron chi connectivity index (χ4n) is 4.20. The topological polar surface area (TPSA) is 29.5 Å². The molecule has 1 fully saturated rings. The number of unbranched alkanes of at least 4 members (excludes halogenated alkanes) is 2. The van der Waals surface area contributed by atoms with E-state index >= 15 is 0 Å². The third-order valence-corrected chi connectivity index (χ3v) is 6.24. The summed E-state index contributed by atoms with van der Waals surface area (Å²) in [7, 11) is 0. The molecule has 0 N–H and O–H groups in total. The first kappa shape index (κ1) is 35.2. The fourth-order valence-corrected chi connectivity index (χ4v) is 4.29. The lowest BCUT2D eigenvalue weighted by Crippen LogP contribution is -2.37. The van der Waals surface area contributed by atoms with Crippen LogP contribution >= 0.6 is 11.6 Å². The van der Waals surface area contributed by atoms with Crippen molar-refractivity contribution in [1.82, 2.24) is 4.90 Å². The molecule has 210 valence electrons. The summed E-state index contributed by atoms with van der Waals surface area (Å²) in [6.07, 6.45) is 24.0. The lowest BCUT2D eigenvalue weighted by Gasteiger charge is -2.32. The van der Waals surface area contributed by atoms with Gasteiger partial charge in [-0.1, -0.05) is 84.6 Å². The number of allylic oxidation sites excluding steroid dienone is 10. The first-order chi connectivity index (χ1) is 17.9. The van der Waals surface area contributed by atoms with Gasteiger partial charge in [0.2, 0.25) is 0 Å². The Hall–Kier alpha value is -1.84. The molecule has 0 aromatic rings. The molecular formula is C33H54ClNO2. The number of likely N-dealkylation sites (tertiary alicyclic amines) is 1. The van der Waals surface area contributed by atoms with Crippen molar-refractivity contribution in [3.05, 3.63) is 72.1 Å². The van der Waals surface area contributed by atoms with Gasteiger partial charge < -0.3 is 9.64 Å². The van der Waals surface area contributed by atoms with Crippen LogP contribution in [-0.4, -0.2) is 42.3 Å². The molecule has 1 aliphatic rings. The van der Waals surface area contributed by atoms with Crippen LogP contribution in [0.25, 0.3) is 0 Å². The Morgan fingerprint density at radius 3 is 2.38 bits per heavy atom. The number of piperidine rings is 1. The van der Waals surface area contributed by atoms with Crippen LogP contribution in [0.15, 0.2) is 72.1 Å². The van der Waals surface area contributed by atoms with Crippen LogP contribution in [0.1, 0.15) is 92.9 Å². The van der Waals surface area contributed by atoms with Gasteiger partial charge in [-0.2, -0.15) is 0 Å². The number of halogens is 1. The zero-order valence-electron chi connectivity index (χ0n) is 24.6. The number of ketones is 1. The van der Waals surface area contributed by atoms with E-state index in [-0.39, 0.29) is 11.9 Å². The van der Waals surface area contributed by atoms with E-state index in [1.165, 1.54) is 0 Å². The van der Waals surface area contributed by atoms with E-state index in [4.69, 9.17) is 16.3 Å². The molecule has 4 heteroatoms. The SMILES string of the molecule is C=C/C=C(\C=C/CCl)OC1CCN(CCCC\C=C(C(=O)CC(C)C)/C(=C/C=C\CC)CC)CC1.CC. The summed E-state index contributed by atoms with van der Waals surface area (Å²) in [5.41, 5.74) is 2.10. The van der Waals surface area contributed by atoms with E-state index in [1.54, 1.807) is 6.08 Å². The number of alkyl halides is 1. The van der Waals surface area contributed by atoms with Crippen LogP contribution in [0.4, 0.5) is 0 Å².